The fourth-order valence-corrected chi connectivity index (χ4v) is 2.22. The molecule has 1 N–H and O–H groups in total. The van der Waals surface area contributed by atoms with Crippen molar-refractivity contribution in [1.82, 2.24) is 4.90 Å². The minimum atomic E-state index is -1.63. The Hall–Kier alpha value is -2.11. The Labute approximate surface area is 117 Å². The molecule has 0 aliphatic rings. The summed E-state index contributed by atoms with van der Waals surface area (Å²) in [5.41, 5.74) is -1.45. The maximum Gasteiger partial charge on any atom is 0.334 e. The van der Waals surface area contributed by atoms with Crippen LogP contribution in [0.1, 0.15) is 26.3 Å². The largest absolute Gasteiger partial charge is 0.494 e. The van der Waals surface area contributed by atoms with Crippen LogP contribution in [0.15, 0.2) is 18.2 Å². The zero-order valence-electron chi connectivity index (χ0n) is 11.9. The molecule has 0 spiro atoms. The van der Waals surface area contributed by atoms with E-state index < -0.39 is 23.2 Å². The lowest BCUT2D eigenvalue weighted by Crippen LogP contribution is -2.52. The second-order valence-electron chi connectivity index (χ2n) is 4.49. The van der Waals surface area contributed by atoms with Crippen molar-refractivity contribution in [1.29, 1.82) is 0 Å². The number of hydrogen-bond donors (Lipinski definition) is 1. The topological polar surface area (TPSA) is 66.8 Å². The Morgan fingerprint density at radius 2 is 2.05 bits per heavy atom. The number of carboxylic acids is 1. The van der Waals surface area contributed by atoms with Crippen molar-refractivity contribution < 1.29 is 23.8 Å². The molecule has 5 nitrogen and oxygen atoms in total. The van der Waals surface area contributed by atoms with Crippen LogP contribution in [0.2, 0.25) is 0 Å². The number of hydrogen-bond acceptors (Lipinski definition) is 3. The summed E-state index contributed by atoms with van der Waals surface area (Å²) in [6.07, 6.45) is 0. The van der Waals surface area contributed by atoms with E-state index in [1.807, 2.05) is 0 Å². The van der Waals surface area contributed by atoms with Gasteiger partial charge in [-0.3, -0.25) is 4.79 Å². The van der Waals surface area contributed by atoms with Crippen molar-refractivity contribution in [2.24, 2.45) is 0 Å². The molecule has 0 aliphatic carbocycles. The average molecular weight is 283 g/mol. The first kappa shape index (κ1) is 15.9. The van der Waals surface area contributed by atoms with Gasteiger partial charge in [0.25, 0.3) is 0 Å². The van der Waals surface area contributed by atoms with Gasteiger partial charge in [0.2, 0.25) is 5.91 Å². The minimum Gasteiger partial charge on any atom is -0.494 e. The molecule has 0 aliphatic heterocycles. The zero-order valence-corrected chi connectivity index (χ0v) is 11.9. The van der Waals surface area contributed by atoms with Gasteiger partial charge >= 0.3 is 5.97 Å². The van der Waals surface area contributed by atoms with E-state index in [2.05, 4.69) is 0 Å². The molecule has 0 aromatic heterocycles. The van der Waals surface area contributed by atoms with Crippen LogP contribution < -0.4 is 4.74 Å². The molecule has 20 heavy (non-hydrogen) atoms. The van der Waals surface area contributed by atoms with Crippen molar-refractivity contribution in [2.45, 2.75) is 26.3 Å². The lowest BCUT2D eigenvalue weighted by Gasteiger charge is -2.37. The van der Waals surface area contributed by atoms with Gasteiger partial charge in [0.05, 0.1) is 7.11 Å². The smallest absolute Gasteiger partial charge is 0.334 e. The van der Waals surface area contributed by atoms with E-state index in [1.54, 1.807) is 6.92 Å². The Morgan fingerprint density at radius 1 is 1.45 bits per heavy atom. The number of amides is 1. The fraction of sp³-hybridized carbons (Fsp3) is 0.429. The summed E-state index contributed by atoms with van der Waals surface area (Å²) >= 11 is 0. The summed E-state index contributed by atoms with van der Waals surface area (Å²) in [6.45, 7) is 4.53. The number of carbonyl (C=O) groups excluding carboxylic acids is 1. The van der Waals surface area contributed by atoms with Crippen molar-refractivity contribution in [3.8, 4) is 5.75 Å². The van der Waals surface area contributed by atoms with Gasteiger partial charge in [-0.25, -0.2) is 9.18 Å². The number of carbonyl (C=O) groups is 2. The van der Waals surface area contributed by atoms with Gasteiger partial charge in [-0.2, -0.15) is 0 Å². The average Bonchev–Trinajstić information content (AvgIpc) is 2.38. The van der Waals surface area contributed by atoms with E-state index in [9.17, 15) is 19.1 Å². The molecule has 110 valence electrons. The molecule has 1 unspecified atom stereocenters. The number of ether oxygens (including phenoxy) is 1. The molecule has 0 fully saturated rings. The van der Waals surface area contributed by atoms with Gasteiger partial charge in [-0.1, -0.05) is 6.07 Å². The maximum atomic E-state index is 13.8. The number of carboxylic acid groups (broad SMARTS) is 1. The summed E-state index contributed by atoms with van der Waals surface area (Å²) in [5.74, 6) is -2.27. The minimum absolute atomic E-state index is 0.0207. The quantitative estimate of drug-likeness (QED) is 0.897. The molecule has 1 amide bonds. The van der Waals surface area contributed by atoms with E-state index in [-0.39, 0.29) is 17.9 Å². The summed E-state index contributed by atoms with van der Waals surface area (Å²) in [5, 5.41) is 9.51. The Bertz CT molecular complexity index is 532. The molecule has 1 atom stereocenters. The molecular weight excluding hydrogens is 265 g/mol. The second kappa shape index (κ2) is 5.90. The van der Waals surface area contributed by atoms with Crippen molar-refractivity contribution in [3.63, 3.8) is 0 Å². The summed E-state index contributed by atoms with van der Waals surface area (Å²) in [4.78, 5) is 24.5. The van der Waals surface area contributed by atoms with E-state index >= 15 is 0 Å². The molecule has 0 bridgehead atoms. The van der Waals surface area contributed by atoms with Crippen LogP contribution in [0.25, 0.3) is 0 Å². The van der Waals surface area contributed by atoms with Gasteiger partial charge in [-0.15, -0.1) is 0 Å². The lowest BCUT2D eigenvalue weighted by molar-refractivity contribution is -0.158. The standard InChI is InChI=1S/C14H18FNO4/c1-5-16(9(2)17)14(3,13(18)19)10-6-7-12(20-4)11(15)8-10/h6-8H,5H2,1-4H3,(H,18,19). The molecule has 0 radical (unpaired) electrons. The lowest BCUT2D eigenvalue weighted by atomic mass is 9.89. The highest BCUT2D eigenvalue weighted by atomic mass is 19.1. The predicted molar refractivity (Wildman–Crippen MR) is 71.0 cm³/mol. The summed E-state index contributed by atoms with van der Waals surface area (Å²) in [7, 11) is 1.32. The van der Waals surface area contributed by atoms with Crippen LogP contribution in [0, 0.1) is 5.82 Å². The normalized spacial score (nSPS) is 13.4. The second-order valence-corrected chi connectivity index (χ2v) is 4.49. The van der Waals surface area contributed by atoms with E-state index in [1.165, 1.54) is 38.0 Å². The molecule has 6 heteroatoms. The number of benzene rings is 1. The predicted octanol–water partition coefficient (Wildman–Crippen LogP) is 2.00. The number of rotatable bonds is 5. The third-order valence-electron chi connectivity index (χ3n) is 3.37. The summed E-state index contributed by atoms with van der Waals surface area (Å²) in [6, 6.07) is 3.88. The van der Waals surface area contributed by atoms with Crippen LogP contribution in [-0.4, -0.2) is 35.5 Å². The number of halogens is 1. The van der Waals surface area contributed by atoms with Crippen LogP contribution in [0.3, 0.4) is 0 Å². The first-order chi connectivity index (χ1) is 9.28. The third-order valence-corrected chi connectivity index (χ3v) is 3.37. The van der Waals surface area contributed by atoms with Crippen LogP contribution in [-0.2, 0) is 15.1 Å². The first-order valence-electron chi connectivity index (χ1n) is 6.14. The molecule has 1 aromatic carbocycles. The number of likely N-dealkylation sites (N-methyl/N-ethyl adjacent to an activating group) is 1. The van der Waals surface area contributed by atoms with Gasteiger partial charge in [0.1, 0.15) is 0 Å². The number of methoxy groups -OCH3 is 1. The zero-order chi connectivity index (χ0) is 15.5. The highest BCUT2D eigenvalue weighted by molar-refractivity contribution is 5.87. The Balaban J connectivity index is 3.43. The molecule has 0 heterocycles. The van der Waals surface area contributed by atoms with E-state index in [4.69, 9.17) is 4.74 Å². The molecule has 1 rings (SSSR count). The monoisotopic (exact) mass is 283 g/mol. The van der Waals surface area contributed by atoms with E-state index in [0.29, 0.717) is 0 Å². The van der Waals surface area contributed by atoms with Crippen LogP contribution >= 0.6 is 0 Å². The highest BCUT2D eigenvalue weighted by Crippen LogP contribution is 2.31. The molecule has 0 saturated heterocycles. The SMILES string of the molecule is CCN(C(C)=O)C(C)(C(=O)O)c1ccc(OC)c(F)c1. The van der Waals surface area contributed by atoms with Crippen molar-refractivity contribution in [3.05, 3.63) is 29.6 Å². The van der Waals surface area contributed by atoms with Gasteiger partial charge in [-0.05, 0) is 31.5 Å². The molecular formula is C14H18FNO4. The van der Waals surface area contributed by atoms with Crippen LogP contribution in [0.5, 0.6) is 5.75 Å². The Kier molecular flexibility index (Phi) is 4.70. The van der Waals surface area contributed by atoms with Crippen molar-refractivity contribution >= 4 is 11.9 Å². The molecule has 0 saturated carbocycles. The van der Waals surface area contributed by atoms with Gasteiger partial charge < -0.3 is 14.7 Å². The maximum absolute atomic E-state index is 13.8. The first-order valence-corrected chi connectivity index (χ1v) is 6.14. The Morgan fingerprint density at radius 3 is 2.40 bits per heavy atom. The van der Waals surface area contributed by atoms with E-state index in [0.717, 1.165) is 6.07 Å². The van der Waals surface area contributed by atoms with Gasteiger partial charge in [0.15, 0.2) is 17.1 Å². The number of aliphatic carboxylic acids is 1. The molecule has 1 aromatic rings. The highest BCUT2D eigenvalue weighted by Gasteiger charge is 2.42. The number of nitrogens with zero attached hydrogens (tertiary/aromatic N) is 1. The van der Waals surface area contributed by atoms with Crippen LogP contribution in [0.4, 0.5) is 4.39 Å². The fourth-order valence-electron chi connectivity index (χ4n) is 2.22. The third kappa shape index (κ3) is 2.59. The van der Waals surface area contributed by atoms with Crippen molar-refractivity contribution in [2.75, 3.05) is 13.7 Å². The van der Waals surface area contributed by atoms with Gasteiger partial charge in [0, 0.05) is 13.5 Å². The summed E-state index contributed by atoms with van der Waals surface area (Å²) < 4.78 is 18.6.